The minimum atomic E-state index is -1.01. The summed E-state index contributed by atoms with van der Waals surface area (Å²) in [5.74, 6) is -2.05. The predicted octanol–water partition coefficient (Wildman–Crippen LogP) is 4.51. The molecule has 4 rings (SSSR count). The zero-order valence-corrected chi connectivity index (χ0v) is 20.0. The number of carbonyl (C=O) groups is 3. The zero-order valence-electron chi connectivity index (χ0n) is 20.0. The van der Waals surface area contributed by atoms with Gasteiger partial charge in [0.25, 0.3) is 11.7 Å². The maximum Gasteiger partial charge on any atom is 0.338 e. The lowest BCUT2D eigenvalue weighted by Crippen LogP contribution is -2.29. The standard InChI is InChI=1S/C28H25NO7/c1-4-36-28(34)18-6-5-7-19(15-18)29-24(17-8-10-20(30)11-9-17)23(26(32)27(29)33)25(31)22-13-12-21(35-3)14-16(22)2/h5-15,24,30-31H,4H2,1-3H3/b25-23-. The molecule has 8 nitrogen and oxygen atoms in total. The Labute approximate surface area is 208 Å². The number of Topliss-reactive ketones (excluding diaryl/α,β-unsaturated/α-hetero) is 1. The van der Waals surface area contributed by atoms with Gasteiger partial charge in [-0.1, -0.05) is 18.2 Å². The lowest BCUT2D eigenvalue weighted by atomic mass is 9.93. The van der Waals surface area contributed by atoms with Gasteiger partial charge in [0, 0.05) is 11.3 Å². The van der Waals surface area contributed by atoms with E-state index in [1.165, 1.54) is 30.2 Å². The number of phenolic OH excluding ortho intramolecular Hbond substituents is 1. The van der Waals surface area contributed by atoms with E-state index in [0.717, 1.165) is 0 Å². The molecule has 1 atom stereocenters. The molecular formula is C28H25NO7. The van der Waals surface area contributed by atoms with Crippen LogP contribution in [0, 0.1) is 6.92 Å². The molecule has 0 bridgehead atoms. The second kappa shape index (κ2) is 9.95. The smallest absolute Gasteiger partial charge is 0.338 e. The second-order valence-electron chi connectivity index (χ2n) is 8.21. The van der Waals surface area contributed by atoms with E-state index in [0.29, 0.717) is 22.4 Å². The van der Waals surface area contributed by atoms with Crippen molar-refractivity contribution in [1.82, 2.24) is 0 Å². The summed E-state index contributed by atoms with van der Waals surface area (Å²) in [6.07, 6.45) is 0. The van der Waals surface area contributed by atoms with Crippen LogP contribution in [0.2, 0.25) is 0 Å². The zero-order chi connectivity index (χ0) is 26.0. The summed E-state index contributed by atoms with van der Waals surface area (Å²) in [6, 6.07) is 16.2. The van der Waals surface area contributed by atoms with E-state index >= 15 is 0 Å². The fraction of sp³-hybridized carbons (Fsp3) is 0.179. The van der Waals surface area contributed by atoms with Gasteiger partial charge in [0.1, 0.15) is 17.3 Å². The number of anilines is 1. The van der Waals surface area contributed by atoms with Crippen LogP contribution in [-0.4, -0.2) is 41.6 Å². The Bertz CT molecular complexity index is 1370. The number of aryl methyl sites for hydroxylation is 1. The fourth-order valence-corrected chi connectivity index (χ4v) is 4.24. The molecule has 36 heavy (non-hydrogen) atoms. The van der Waals surface area contributed by atoms with Gasteiger partial charge in [0.15, 0.2) is 0 Å². The average molecular weight is 488 g/mol. The van der Waals surface area contributed by atoms with Crippen molar-refractivity contribution in [3.63, 3.8) is 0 Å². The summed E-state index contributed by atoms with van der Waals surface area (Å²) in [4.78, 5) is 40.2. The number of rotatable bonds is 6. The van der Waals surface area contributed by atoms with E-state index in [4.69, 9.17) is 9.47 Å². The largest absolute Gasteiger partial charge is 0.508 e. The van der Waals surface area contributed by atoms with Crippen LogP contribution in [0.1, 0.15) is 40.0 Å². The molecule has 1 aliphatic rings. The molecule has 3 aromatic carbocycles. The number of benzene rings is 3. The maximum atomic E-state index is 13.3. The molecule has 1 heterocycles. The molecule has 2 N–H and O–H groups in total. The minimum absolute atomic E-state index is 0.00556. The molecular weight excluding hydrogens is 462 g/mol. The highest BCUT2D eigenvalue weighted by atomic mass is 16.5. The van der Waals surface area contributed by atoms with Crippen molar-refractivity contribution in [3.05, 3.63) is 94.6 Å². The van der Waals surface area contributed by atoms with Crippen LogP contribution in [-0.2, 0) is 14.3 Å². The van der Waals surface area contributed by atoms with Crippen LogP contribution in [0.15, 0.2) is 72.3 Å². The van der Waals surface area contributed by atoms with E-state index in [1.54, 1.807) is 62.4 Å². The van der Waals surface area contributed by atoms with Gasteiger partial charge in [0.05, 0.1) is 30.9 Å². The van der Waals surface area contributed by atoms with Crippen molar-refractivity contribution >= 4 is 29.1 Å². The highest BCUT2D eigenvalue weighted by Gasteiger charge is 2.47. The monoisotopic (exact) mass is 487 g/mol. The number of hydrogen-bond donors (Lipinski definition) is 2. The first-order valence-electron chi connectivity index (χ1n) is 11.3. The van der Waals surface area contributed by atoms with Crippen molar-refractivity contribution in [3.8, 4) is 11.5 Å². The molecule has 0 radical (unpaired) electrons. The Morgan fingerprint density at radius 1 is 1.03 bits per heavy atom. The van der Waals surface area contributed by atoms with Gasteiger partial charge in [-0.3, -0.25) is 14.5 Å². The summed E-state index contributed by atoms with van der Waals surface area (Å²) >= 11 is 0. The number of esters is 1. The molecule has 1 amide bonds. The third-order valence-electron chi connectivity index (χ3n) is 5.98. The SMILES string of the molecule is CCOC(=O)c1cccc(N2C(=O)C(=O)/C(=C(\O)c3ccc(OC)cc3C)C2c2ccc(O)cc2)c1. The van der Waals surface area contributed by atoms with Crippen LogP contribution < -0.4 is 9.64 Å². The molecule has 1 aliphatic heterocycles. The van der Waals surface area contributed by atoms with Gasteiger partial charge >= 0.3 is 5.97 Å². The molecule has 0 aromatic heterocycles. The van der Waals surface area contributed by atoms with E-state index in [2.05, 4.69) is 0 Å². The molecule has 8 heteroatoms. The summed E-state index contributed by atoms with van der Waals surface area (Å²) in [6.45, 7) is 3.63. The summed E-state index contributed by atoms with van der Waals surface area (Å²) in [5.41, 5.74) is 1.89. The van der Waals surface area contributed by atoms with E-state index < -0.39 is 23.7 Å². The normalized spacial score (nSPS) is 16.8. The number of ether oxygens (including phenoxy) is 2. The number of phenols is 1. The van der Waals surface area contributed by atoms with Crippen molar-refractivity contribution in [2.75, 3.05) is 18.6 Å². The number of aliphatic hydroxyl groups excluding tert-OH is 1. The number of methoxy groups -OCH3 is 1. The number of amides is 1. The van der Waals surface area contributed by atoms with Crippen LogP contribution in [0.3, 0.4) is 0 Å². The van der Waals surface area contributed by atoms with Gasteiger partial charge in [-0.05, 0) is 73.5 Å². The highest BCUT2D eigenvalue weighted by molar-refractivity contribution is 6.51. The first-order valence-corrected chi connectivity index (χ1v) is 11.3. The lowest BCUT2D eigenvalue weighted by Gasteiger charge is -2.26. The van der Waals surface area contributed by atoms with Crippen LogP contribution in [0.5, 0.6) is 11.5 Å². The summed E-state index contributed by atoms with van der Waals surface area (Å²) < 4.78 is 10.3. The second-order valence-corrected chi connectivity index (χ2v) is 8.21. The van der Waals surface area contributed by atoms with Crippen LogP contribution in [0.25, 0.3) is 5.76 Å². The Morgan fingerprint density at radius 2 is 1.75 bits per heavy atom. The molecule has 0 aliphatic carbocycles. The van der Waals surface area contributed by atoms with E-state index in [1.807, 2.05) is 0 Å². The molecule has 1 unspecified atom stereocenters. The summed E-state index contributed by atoms with van der Waals surface area (Å²) in [5, 5.41) is 21.1. The van der Waals surface area contributed by atoms with Gasteiger partial charge < -0.3 is 19.7 Å². The molecule has 0 saturated carbocycles. The number of hydrogen-bond acceptors (Lipinski definition) is 7. The van der Waals surface area contributed by atoms with E-state index in [9.17, 15) is 24.6 Å². The first kappa shape index (κ1) is 24.5. The highest BCUT2D eigenvalue weighted by Crippen LogP contribution is 2.43. The van der Waals surface area contributed by atoms with Crippen LogP contribution in [0.4, 0.5) is 5.69 Å². The minimum Gasteiger partial charge on any atom is -0.508 e. The molecule has 184 valence electrons. The third-order valence-corrected chi connectivity index (χ3v) is 5.98. The number of nitrogens with zero attached hydrogens (tertiary/aromatic N) is 1. The van der Waals surface area contributed by atoms with Gasteiger partial charge in [-0.25, -0.2) is 4.79 Å². The van der Waals surface area contributed by atoms with Gasteiger partial charge in [-0.15, -0.1) is 0 Å². The molecule has 0 spiro atoms. The number of aromatic hydroxyl groups is 1. The van der Waals surface area contributed by atoms with Gasteiger partial charge in [0.2, 0.25) is 0 Å². The molecule has 3 aromatic rings. The quantitative estimate of drug-likeness (QED) is 0.228. The number of carbonyl (C=O) groups excluding carboxylic acids is 3. The Balaban J connectivity index is 1.92. The van der Waals surface area contributed by atoms with Gasteiger partial charge in [-0.2, -0.15) is 0 Å². The number of aliphatic hydroxyl groups is 1. The van der Waals surface area contributed by atoms with Crippen molar-refractivity contribution in [1.29, 1.82) is 0 Å². The predicted molar refractivity (Wildman–Crippen MR) is 133 cm³/mol. The topological polar surface area (TPSA) is 113 Å². The van der Waals surface area contributed by atoms with Crippen molar-refractivity contribution < 1.29 is 34.1 Å². The lowest BCUT2D eigenvalue weighted by molar-refractivity contribution is -0.132. The Morgan fingerprint density at radius 3 is 2.39 bits per heavy atom. The van der Waals surface area contributed by atoms with Crippen molar-refractivity contribution in [2.45, 2.75) is 19.9 Å². The maximum absolute atomic E-state index is 13.3. The fourth-order valence-electron chi connectivity index (χ4n) is 4.24. The van der Waals surface area contributed by atoms with Crippen molar-refractivity contribution in [2.24, 2.45) is 0 Å². The first-order chi connectivity index (χ1) is 17.3. The average Bonchev–Trinajstić information content (AvgIpc) is 3.14. The summed E-state index contributed by atoms with van der Waals surface area (Å²) in [7, 11) is 1.52. The van der Waals surface area contributed by atoms with Crippen LogP contribution >= 0.6 is 0 Å². The third kappa shape index (κ3) is 4.40. The molecule has 1 saturated heterocycles. The number of ketones is 1. The van der Waals surface area contributed by atoms with E-state index in [-0.39, 0.29) is 34.9 Å². The molecule has 1 fully saturated rings. The Kier molecular flexibility index (Phi) is 6.78. The Hall–Kier alpha value is -4.59.